The molecule has 0 aliphatic carbocycles. The van der Waals surface area contributed by atoms with Gasteiger partial charge in [0, 0.05) is 42.5 Å². The first-order valence-electron chi connectivity index (χ1n) is 15.2. The number of hydrogen-bond donors (Lipinski definition) is 1. The number of nitrogens with one attached hydrogen (secondary N) is 1. The Morgan fingerprint density at radius 1 is 0.976 bits per heavy atom. The Balaban J connectivity index is 1.55. The van der Waals surface area contributed by atoms with Crippen molar-refractivity contribution in [3.05, 3.63) is 40.8 Å². The van der Waals surface area contributed by atoms with Gasteiger partial charge in [0.15, 0.2) is 6.73 Å². The molecule has 2 aromatic rings. The van der Waals surface area contributed by atoms with Crippen LogP contribution in [0.3, 0.4) is 0 Å². The highest BCUT2D eigenvalue weighted by molar-refractivity contribution is 7.89. The van der Waals surface area contributed by atoms with Crippen LogP contribution in [0.15, 0.2) is 40.2 Å². The number of carbonyl (C=O) groups excluding carboxylic acids is 2. The van der Waals surface area contributed by atoms with E-state index in [1.807, 2.05) is 0 Å². The molecule has 1 amide bonds. The summed E-state index contributed by atoms with van der Waals surface area (Å²) in [5.41, 5.74) is -1.10. The van der Waals surface area contributed by atoms with Crippen LogP contribution in [0, 0.1) is 0 Å². The number of amides is 1. The number of pyridine rings is 1. The van der Waals surface area contributed by atoms with Crippen molar-refractivity contribution in [1.29, 1.82) is 0 Å². The van der Waals surface area contributed by atoms with E-state index in [1.165, 1.54) is 65.7 Å². The van der Waals surface area contributed by atoms with Crippen molar-refractivity contribution in [1.82, 2.24) is 14.2 Å². The van der Waals surface area contributed by atoms with E-state index >= 15 is 0 Å². The minimum atomic E-state index is -3.94. The van der Waals surface area contributed by atoms with Crippen LogP contribution in [-0.4, -0.2) is 54.1 Å². The third kappa shape index (κ3) is 9.83. The quantitative estimate of drug-likeness (QED) is 0.204. The Bertz CT molecular complexity index is 1360. The Morgan fingerprint density at radius 2 is 1.64 bits per heavy atom. The summed E-state index contributed by atoms with van der Waals surface area (Å²) in [5, 5.41) is 3.25. The number of ether oxygens (including phenoxy) is 2. The number of esters is 1. The molecule has 3 rings (SSSR count). The third-order valence-electron chi connectivity index (χ3n) is 7.32. The summed E-state index contributed by atoms with van der Waals surface area (Å²) in [6.45, 7) is 7.58. The number of unbranched alkanes of at least 4 members (excludes halogenated alkanes) is 8. The van der Waals surface area contributed by atoms with Crippen LogP contribution in [-0.2, 0) is 31.0 Å². The smallest absolute Gasteiger partial charge is 0.407 e. The van der Waals surface area contributed by atoms with E-state index in [9.17, 15) is 22.8 Å². The van der Waals surface area contributed by atoms with E-state index in [4.69, 9.17) is 9.47 Å². The molecular formula is C31H47N3O7S. The fourth-order valence-electron chi connectivity index (χ4n) is 5.09. The monoisotopic (exact) mass is 605 g/mol. The SMILES string of the molecule is CCCCCCCCCCCC(=O)OCn1ccc2c(S(=O)(=O)N3CCC(NC(=O)OC(C)(C)C)C3)cccc2c1=O. The van der Waals surface area contributed by atoms with Gasteiger partial charge in [0.25, 0.3) is 5.56 Å². The average molecular weight is 606 g/mol. The van der Waals surface area contributed by atoms with Crippen LogP contribution in [0.5, 0.6) is 0 Å². The van der Waals surface area contributed by atoms with Gasteiger partial charge in [0.1, 0.15) is 5.60 Å². The molecule has 1 atom stereocenters. The number of nitrogens with zero attached hydrogens (tertiary/aromatic N) is 2. The van der Waals surface area contributed by atoms with Crippen LogP contribution < -0.4 is 10.9 Å². The van der Waals surface area contributed by atoms with Crippen LogP contribution >= 0.6 is 0 Å². The van der Waals surface area contributed by atoms with Crippen molar-refractivity contribution >= 4 is 32.9 Å². The predicted octanol–water partition coefficient (Wildman–Crippen LogP) is 5.71. The molecule has 0 saturated carbocycles. The van der Waals surface area contributed by atoms with Gasteiger partial charge in [0.2, 0.25) is 10.0 Å². The van der Waals surface area contributed by atoms with Gasteiger partial charge < -0.3 is 14.8 Å². The Labute approximate surface area is 249 Å². The van der Waals surface area contributed by atoms with E-state index in [0.717, 1.165) is 19.3 Å². The van der Waals surface area contributed by atoms with E-state index in [1.54, 1.807) is 32.9 Å². The summed E-state index contributed by atoms with van der Waals surface area (Å²) < 4.78 is 40.3. The second-order valence-electron chi connectivity index (χ2n) is 12.0. The fraction of sp³-hybridized carbons (Fsp3) is 0.645. The van der Waals surface area contributed by atoms with Crippen LogP contribution in [0.1, 0.15) is 98.3 Å². The van der Waals surface area contributed by atoms with Gasteiger partial charge in [0.05, 0.1) is 4.90 Å². The lowest BCUT2D eigenvalue weighted by atomic mass is 10.1. The number of rotatable bonds is 15. The van der Waals surface area contributed by atoms with Crippen molar-refractivity contribution in [3.63, 3.8) is 0 Å². The maximum absolute atomic E-state index is 13.5. The van der Waals surface area contributed by atoms with Crippen molar-refractivity contribution in [2.75, 3.05) is 13.1 Å². The first-order chi connectivity index (χ1) is 19.9. The number of benzene rings is 1. The normalized spacial score (nSPS) is 16.0. The molecular weight excluding hydrogens is 558 g/mol. The van der Waals surface area contributed by atoms with Crippen LogP contribution in [0.2, 0.25) is 0 Å². The second kappa shape index (κ2) is 15.5. The molecule has 11 heteroatoms. The highest BCUT2D eigenvalue weighted by Crippen LogP contribution is 2.27. The summed E-state index contributed by atoms with van der Waals surface area (Å²) in [6.07, 6.45) is 12.0. The number of sulfonamides is 1. The van der Waals surface area contributed by atoms with Crippen LogP contribution in [0.25, 0.3) is 10.8 Å². The first kappa shape index (κ1) is 33.6. The topological polar surface area (TPSA) is 124 Å². The van der Waals surface area contributed by atoms with Gasteiger partial charge in [-0.2, -0.15) is 4.31 Å². The van der Waals surface area contributed by atoms with Gasteiger partial charge in [-0.3, -0.25) is 14.2 Å². The average Bonchev–Trinajstić information content (AvgIpc) is 3.39. The lowest BCUT2D eigenvalue weighted by molar-refractivity contribution is -0.147. The molecule has 2 heterocycles. The van der Waals surface area contributed by atoms with Crippen molar-refractivity contribution in [2.45, 2.75) is 122 Å². The summed E-state index contributed by atoms with van der Waals surface area (Å²) >= 11 is 0. The second-order valence-corrected chi connectivity index (χ2v) is 13.9. The largest absolute Gasteiger partial charge is 0.444 e. The molecule has 1 aromatic heterocycles. The molecule has 0 bridgehead atoms. The molecule has 1 saturated heterocycles. The highest BCUT2D eigenvalue weighted by atomic mass is 32.2. The van der Waals surface area contributed by atoms with Gasteiger partial charge in [-0.15, -0.1) is 0 Å². The van der Waals surface area contributed by atoms with E-state index in [-0.39, 0.29) is 42.1 Å². The minimum Gasteiger partial charge on any atom is -0.444 e. The minimum absolute atomic E-state index is 0.0181. The Hall–Kier alpha value is -2.92. The summed E-state index contributed by atoms with van der Waals surface area (Å²) in [5.74, 6) is -0.357. The number of fused-ring (bicyclic) bond motifs is 1. The van der Waals surface area contributed by atoms with Crippen molar-refractivity contribution in [2.24, 2.45) is 0 Å². The number of carbonyl (C=O) groups is 2. The highest BCUT2D eigenvalue weighted by Gasteiger charge is 2.35. The number of aromatic nitrogens is 1. The van der Waals surface area contributed by atoms with Crippen molar-refractivity contribution in [3.8, 4) is 0 Å². The fourth-order valence-corrected chi connectivity index (χ4v) is 6.79. The summed E-state index contributed by atoms with van der Waals surface area (Å²) in [7, 11) is -3.94. The first-order valence-corrected chi connectivity index (χ1v) is 16.6. The van der Waals surface area contributed by atoms with Crippen LogP contribution in [0.4, 0.5) is 4.79 Å². The predicted molar refractivity (Wildman–Crippen MR) is 163 cm³/mol. The molecule has 1 unspecified atom stereocenters. The van der Waals surface area contributed by atoms with Crippen molar-refractivity contribution < 1.29 is 27.5 Å². The number of alkyl carbamates (subject to hydrolysis) is 1. The maximum atomic E-state index is 13.5. The lowest BCUT2D eigenvalue weighted by Gasteiger charge is -2.22. The zero-order valence-electron chi connectivity index (χ0n) is 25.5. The molecule has 0 radical (unpaired) electrons. The molecule has 10 nitrogen and oxygen atoms in total. The third-order valence-corrected chi connectivity index (χ3v) is 9.24. The van der Waals surface area contributed by atoms with Gasteiger partial charge in [-0.05, 0) is 51.8 Å². The standard InChI is InChI=1S/C31H47N3O7S/c1-5-6-7-8-9-10-11-12-13-17-28(35)40-23-33-20-19-25-26(29(33)36)15-14-16-27(25)42(38,39)34-21-18-24(22-34)32-30(37)41-31(2,3)4/h14-16,19-20,24H,5-13,17-18,21-23H2,1-4H3,(H,32,37). The maximum Gasteiger partial charge on any atom is 0.407 e. The number of hydrogen-bond acceptors (Lipinski definition) is 7. The zero-order valence-corrected chi connectivity index (χ0v) is 26.3. The van der Waals surface area contributed by atoms with E-state index in [2.05, 4.69) is 12.2 Å². The van der Waals surface area contributed by atoms with Gasteiger partial charge in [-0.1, -0.05) is 64.4 Å². The van der Waals surface area contributed by atoms with Gasteiger partial charge in [-0.25, -0.2) is 13.2 Å². The Morgan fingerprint density at radius 3 is 2.31 bits per heavy atom. The summed E-state index contributed by atoms with van der Waals surface area (Å²) in [6, 6.07) is 5.75. The molecule has 1 aromatic carbocycles. The molecule has 42 heavy (non-hydrogen) atoms. The molecule has 1 aliphatic heterocycles. The van der Waals surface area contributed by atoms with E-state index in [0.29, 0.717) is 18.2 Å². The zero-order chi connectivity index (χ0) is 30.8. The molecule has 1 fully saturated rings. The van der Waals surface area contributed by atoms with E-state index < -0.39 is 27.3 Å². The molecule has 1 N–H and O–H groups in total. The molecule has 234 valence electrons. The summed E-state index contributed by atoms with van der Waals surface area (Å²) in [4.78, 5) is 37.5. The lowest BCUT2D eigenvalue weighted by Crippen LogP contribution is -2.41. The van der Waals surface area contributed by atoms with Gasteiger partial charge >= 0.3 is 12.1 Å². The molecule has 0 spiro atoms. The molecule has 1 aliphatic rings. The Kier molecular flexibility index (Phi) is 12.4.